The largest absolute Gasteiger partial charge is 0.436 e. The summed E-state index contributed by atoms with van der Waals surface area (Å²) < 4.78 is 10.7. The molecule has 0 bridgehead atoms. The van der Waals surface area contributed by atoms with Gasteiger partial charge in [0.25, 0.3) is 0 Å². The van der Waals surface area contributed by atoms with Gasteiger partial charge in [0.15, 0.2) is 0 Å². The van der Waals surface area contributed by atoms with Gasteiger partial charge in [-0.2, -0.15) is 0 Å². The molecule has 7 nitrogen and oxygen atoms in total. The Morgan fingerprint density at radius 2 is 2.24 bits per heavy atom. The summed E-state index contributed by atoms with van der Waals surface area (Å²) in [5.74, 6) is 1.36. The van der Waals surface area contributed by atoms with Gasteiger partial charge in [0.1, 0.15) is 5.75 Å². The summed E-state index contributed by atoms with van der Waals surface area (Å²) >= 11 is 0. The van der Waals surface area contributed by atoms with Gasteiger partial charge in [0.2, 0.25) is 11.8 Å². The Hall–Kier alpha value is -2.54. The summed E-state index contributed by atoms with van der Waals surface area (Å²) in [5.41, 5.74) is 0.852. The minimum atomic E-state index is 0.127. The predicted octanol–water partition coefficient (Wildman–Crippen LogP) is 2.41. The van der Waals surface area contributed by atoms with Gasteiger partial charge in [-0.05, 0) is 25.0 Å². The molecule has 0 radical (unpaired) electrons. The summed E-state index contributed by atoms with van der Waals surface area (Å²) in [6, 6.07) is 3.62. The number of likely N-dealkylation sites (tertiary alicyclic amines) is 1. The highest BCUT2D eigenvalue weighted by atomic mass is 16.5. The van der Waals surface area contributed by atoms with Gasteiger partial charge in [-0.15, -0.1) is 0 Å². The van der Waals surface area contributed by atoms with Crippen molar-refractivity contribution in [2.75, 3.05) is 26.8 Å². The highest BCUT2D eigenvalue weighted by Gasteiger charge is 2.25. The van der Waals surface area contributed by atoms with Crippen molar-refractivity contribution in [1.29, 1.82) is 0 Å². The zero-order valence-electron chi connectivity index (χ0n) is 14.3. The van der Waals surface area contributed by atoms with E-state index < -0.39 is 0 Å². The Kier molecular flexibility index (Phi) is 5.90. The average molecular weight is 342 g/mol. The average Bonchev–Trinajstić information content (AvgIpc) is 2.67. The molecule has 1 atom stereocenters. The number of methoxy groups -OCH3 is 1. The number of carbonyl (C=O) groups is 1. The number of piperidine rings is 1. The Balaban J connectivity index is 1.66. The van der Waals surface area contributed by atoms with E-state index in [4.69, 9.17) is 9.47 Å². The van der Waals surface area contributed by atoms with E-state index in [1.807, 2.05) is 11.0 Å². The third-order valence-corrected chi connectivity index (χ3v) is 4.20. The molecule has 3 rings (SSSR count). The first-order chi connectivity index (χ1) is 12.3. The van der Waals surface area contributed by atoms with Gasteiger partial charge < -0.3 is 14.4 Å². The van der Waals surface area contributed by atoms with E-state index in [0.29, 0.717) is 31.2 Å². The second kappa shape index (κ2) is 8.53. The first kappa shape index (κ1) is 17.3. The van der Waals surface area contributed by atoms with E-state index >= 15 is 0 Å². The molecule has 7 heteroatoms. The molecule has 1 fully saturated rings. The first-order valence-corrected chi connectivity index (χ1v) is 8.43. The van der Waals surface area contributed by atoms with Crippen LogP contribution in [-0.2, 0) is 9.53 Å². The maximum Gasteiger partial charge on any atom is 0.238 e. The number of aromatic nitrogens is 3. The monoisotopic (exact) mass is 342 g/mol. The van der Waals surface area contributed by atoms with Gasteiger partial charge in [-0.1, -0.05) is 0 Å². The molecule has 1 saturated heterocycles. The van der Waals surface area contributed by atoms with Crippen LogP contribution in [0.2, 0.25) is 0 Å². The summed E-state index contributed by atoms with van der Waals surface area (Å²) in [5, 5.41) is 0. The molecular formula is C18H22N4O3. The Morgan fingerprint density at radius 1 is 1.32 bits per heavy atom. The molecule has 3 heterocycles. The Bertz CT molecular complexity index is 696. The van der Waals surface area contributed by atoms with Gasteiger partial charge in [-0.25, -0.2) is 4.98 Å². The fourth-order valence-corrected chi connectivity index (χ4v) is 2.93. The molecule has 0 aromatic carbocycles. The maximum absolute atomic E-state index is 12.2. The van der Waals surface area contributed by atoms with Crippen LogP contribution in [0.25, 0.3) is 0 Å². The van der Waals surface area contributed by atoms with Gasteiger partial charge in [0.05, 0.1) is 31.1 Å². The molecule has 132 valence electrons. The molecule has 0 spiro atoms. The van der Waals surface area contributed by atoms with Crippen molar-refractivity contribution in [1.82, 2.24) is 19.9 Å². The summed E-state index contributed by atoms with van der Waals surface area (Å²) in [6.07, 6.45) is 9.01. The van der Waals surface area contributed by atoms with Crippen molar-refractivity contribution in [2.24, 2.45) is 0 Å². The maximum atomic E-state index is 12.2. The van der Waals surface area contributed by atoms with Crippen molar-refractivity contribution < 1.29 is 14.3 Å². The highest BCUT2D eigenvalue weighted by molar-refractivity contribution is 5.76. The fraction of sp³-hybridized carbons (Fsp3) is 0.444. The molecule has 0 saturated carbocycles. The normalized spacial score (nSPS) is 17.3. The standard InChI is InChI=1S/C18H22N4O3/c1-24-9-6-18(23)22-8-3-4-14(13-22)16-11-20-12-17(21-16)25-15-5-2-7-19-10-15/h2,5,7,10-12,14H,3-4,6,8-9,13H2,1H3. The second-order valence-electron chi connectivity index (χ2n) is 5.99. The third-order valence-electron chi connectivity index (χ3n) is 4.20. The minimum absolute atomic E-state index is 0.127. The highest BCUT2D eigenvalue weighted by Crippen LogP contribution is 2.27. The van der Waals surface area contributed by atoms with E-state index in [2.05, 4.69) is 15.0 Å². The van der Waals surface area contributed by atoms with Crippen LogP contribution in [-0.4, -0.2) is 52.6 Å². The topological polar surface area (TPSA) is 77.4 Å². The fourth-order valence-electron chi connectivity index (χ4n) is 2.93. The van der Waals surface area contributed by atoms with Crippen LogP contribution < -0.4 is 4.74 Å². The van der Waals surface area contributed by atoms with Crippen LogP contribution >= 0.6 is 0 Å². The first-order valence-electron chi connectivity index (χ1n) is 8.43. The van der Waals surface area contributed by atoms with Gasteiger partial charge in [0, 0.05) is 38.5 Å². The molecule has 1 aliphatic heterocycles. The molecular weight excluding hydrogens is 320 g/mol. The quantitative estimate of drug-likeness (QED) is 0.802. The molecule has 1 amide bonds. The Labute approximate surface area is 147 Å². The lowest BCUT2D eigenvalue weighted by Crippen LogP contribution is -2.39. The Morgan fingerprint density at radius 3 is 3.04 bits per heavy atom. The number of ether oxygens (including phenoxy) is 2. The van der Waals surface area contributed by atoms with Gasteiger partial charge in [-0.3, -0.25) is 14.8 Å². The minimum Gasteiger partial charge on any atom is -0.436 e. The molecule has 2 aromatic rings. The summed E-state index contributed by atoms with van der Waals surface area (Å²) in [6.45, 7) is 1.90. The second-order valence-corrected chi connectivity index (χ2v) is 5.99. The van der Waals surface area contributed by atoms with Crippen molar-refractivity contribution in [3.8, 4) is 11.6 Å². The number of carbonyl (C=O) groups excluding carboxylic acids is 1. The van der Waals surface area contributed by atoms with Crippen LogP contribution in [0.5, 0.6) is 11.6 Å². The molecule has 1 aliphatic rings. The number of nitrogens with zero attached hydrogens (tertiary/aromatic N) is 4. The third kappa shape index (κ3) is 4.73. The van der Waals surface area contributed by atoms with Crippen LogP contribution in [0.4, 0.5) is 0 Å². The van der Waals surface area contributed by atoms with Crippen LogP contribution in [0.1, 0.15) is 30.9 Å². The van der Waals surface area contributed by atoms with E-state index in [9.17, 15) is 4.79 Å². The smallest absolute Gasteiger partial charge is 0.238 e. The summed E-state index contributed by atoms with van der Waals surface area (Å²) in [7, 11) is 1.61. The molecule has 25 heavy (non-hydrogen) atoms. The SMILES string of the molecule is COCCC(=O)N1CCCC(c2cncc(Oc3cccnc3)n2)C1. The lowest BCUT2D eigenvalue weighted by Gasteiger charge is -2.32. The predicted molar refractivity (Wildman–Crippen MR) is 91.4 cm³/mol. The molecule has 0 aliphatic carbocycles. The van der Waals surface area contributed by atoms with Crippen molar-refractivity contribution in [3.63, 3.8) is 0 Å². The zero-order chi connectivity index (χ0) is 17.5. The van der Waals surface area contributed by atoms with Crippen LogP contribution in [0.3, 0.4) is 0 Å². The van der Waals surface area contributed by atoms with E-state index in [-0.39, 0.29) is 11.8 Å². The van der Waals surface area contributed by atoms with Gasteiger partial charge >= 0.3 is 0 Å². The lowest BCUT2D eigenvalue weighted by molar-refractivity contribution is -0.133. The van der Waals surface area contributed by atoms with Crippen LogP contribution in [0, 0.1) is 0 Å². The van der Waals surface area contributed by atoms with Crippen molar-refractivity contribution in [3.05, 3.63) is 42.6 Å². The van der Waals surface area contributed by atoms with E-state index in [1.165, 1.54) is 0 Å². The van der Waals surface area contributed by atoms with E-state index in [0.717, 1.165) is 25.1 Å². The number of hydrogen-bond acceptors (Lipinski definition) is 6. The van der Waals surface area contributed by atoms with Crippen LogP contribution in [0.15, 0.2) is 36.9 Å². The molecule has 2 aromatic heterocycles. The number of pyridine rings is 1. The van der Waals surface area contributed by atoms with E-state index in [1.54, 1.807) is 38.0 Å². The number of rotatable bonds is 6. The summed E-state index contributed by atoms with van der Waals surface area (Å²) in [4.78, 5) is 26.9. The zero-order valence-corrected chi connectivity index (χ0v) is 14.3. The number of hydrogen-bond donors (Lipinski definition) is 0. The number of amides is 1. The van der Waals surface area contributed by atoms with Crippen molar-refractivity contribution >= 4 is 5.91 Å². The lowest BCUT2D eigenvalue weighted by atomic mass is 9.95. The van der Waals surface area contributed by atoms with Crippen molar-refractivity contribution in [2.45, 2.75) is 25.2 Å². The molecule has 1 unspecified atom stereocenters. The molecule has 0 N–H and O–H groups in total.